The molecule has 2 N–H and O–H groups in total. The highest BCUT2D eigenvalue weighted by Gasteiger charge is 2.05. The zero-order valence-corrected chi connectivity index (χ0v) is 11.0. The van der Waals surface area contributed by atoms with Crippen molar-refractivity contribution in [3.8, 4) is 11.1 Å². The molecule has 0 amide bonds. The molecule has 2 aromatic carbocycles. The van der Waals surface area contributed by atoms with Crippen LogP contribution in [0.4, 0.5) is 0 Å². The van der Waals surface area contributed by atoms with Gasteiger partial charge >= 0.3 is 0 Å². The van der Waals surface area contributed by atoms with E-state index in [-0.39, 0.29) is 0 Å². The third-order valence-corrected chi connectivity index (χ3v) is 3.16. The molecule has 17 heavy (non-hydrogen) atoms. The molecule has 88 valence electrons. The van der Waals surface area contributed by atoms with Gasteiger partial charge in [0.05, 0.1) is 0 Å². The molecule has 2 aromatic rings. The van der Waals surface area contributed by atoms with Crippen LogP contribution in [0.1, 0.15) is 11.1 Å². The fourth-order valence-electron chi connectivity index (χ4n) is 1.86. The molecule has 0 atom stereocenters. The Morgan fingerprint density at radius 3 is 2.47 bits per heavy atom. The van der Waals surface area contributed by atoms with Crippen molar-refractivity contribution in [1.29, 1.82) is 0 Å². The van der Waals surface area contributed by atoms with Gasteiger partial charge < -0.3 is 5.73 Å². The lowest BCUT2D eigenvalue weighted by atomic mass is 10.0. The van der Waals surface area contributed by atoms with Crippen LogP contribution in [0.15, 0.2) is 36.4 Å². The first-order chi connectivity index (χ1) is 8.10. The topological polar surface area (TPSA) is 26.0 Å². The van der Waals surface area contributed by atoms with E-state index in [0.717, 1.165) is 16.7 Å². The summed E-state index contributed by atoms with van der Waals surface area (Å²) in [6.45, 7) is 2.58. The van der Waals surface area contributed by atoms with E-state index in [1.165, 1.54) is 5.56 Å². The first-order valence-corrected chi connectivity index (χ1v) is 6.12. The summed E-state index contributed by atoms with van der Waals surface area (Å²) in [6, 6.07) is 11.7. The summed E-state index contributed by atoms with van der Waals surface area (Å²) in [7, 11) is 0. The Balaban J connectivity index is 2.55. The SMILES string of the molecule is Cc1cc(CN)cc(-c2ccc(Cl)cc2Cl)c1. The maximum Gasteiger partial charge on any atom is 0.0499 e. The Morgan fingerprint density at radius 2 is 1.82 bits per heavy atom. The Hall–Kier alpha value is -1.02. The molecule has 0 fully saturated rings. The van der Waals surface area contributed by atoms with Crippen molar-refractivity contribution in [3.05, 3.63) is 57.6 Å². The van der Waals surface area contributed by atoms with Crippen molar-refractivity contribution in [2.75, 3.05) is 0 Å². The van der Waals surface area contributed by atoms with Gasteiger partial charge in [-0.15, -0.1) is 0 Å². The van der Waals surface area contributed by atoms with Gasteiger partial charge in [-0.1, -0.05) is 47.0 Å². The zero-order valence-electron chi connectivity index (χ0n) is 9.50. The molecule has 0 radical (unpaired) electrons. The fourth-order valence-corrected chi connectivity index (χ4v) is 2.38. The molecule has 0 aliphatic rings. The minimum atomic E-state index is 0.528. The van der Waals surface area contributed by atoms with Gasteiger partial charge in [-0.3, -0.25) is 0 Å². The van der Waals surface area contributed by atoms with Crippen molar-refractivity contribution in [3.63, 3.8) is 0 Å². The fraction of sp³-hybridized carbons (Fsp3) is 0.143. The highest BCUT2D eigenvalue weighted by Crippen LogP contribution is 2.31. The Labute approximate surface area is 111 Å². The van der Waals surface area contributed by atoms with Crippen molar-refractivity contribution in [2.24, 2.45) is 5.73 Å². The second-order valence-electron chi connectivity index (χ2n) is 4.04. The van der Waals surface area contributed by atoms with E-state index in [1.807, 2.05) is 19.1 Å². The number of nitrogens with two attached hydrogens (primary N) is 1. The molecule has 0 aliphatic heterocycles. The highest BCUT2D eigenvalue weighted by atomic mass is 35.5. The van der Waals surface area contributed by atoms with E-state index in [4.69, 9.17) is 28.9 Å². The Kier molecular flexibility index (Phi) is 3.72. The van der Waals surface area contributed by atoms with Crippen LogP contribution in [0.5, 0.6) is 0 Å². The number of hydrogen-bond donors (Lipinski definition) is 1. The summed E-state index contributed by atoms with van der Waals surface area (Å²) in [5.41, 5.74) is 10.0. The lowest BCUT2D eigenvalue weighted by Crippen LogP contribution is -1.97. The van der Waals surface area contributed by atoms with Gasteiger partial charge in [-0.05, 0) is 36.2 Å². The second kappa shape index (κ2) is 5.09. The van der Waals surface area contributed by atoms with Crippen LogP contribution in [0.2, 0.25) is 10.0 Å². The van der Waals surface area contributed by atoms with Gasteiger partial charge in [0.25, 0.3) is 0 Å². The summed E-state index contributed by atoms with van der Waals surface area (Å²) in [5, 5.41) is 1.30. The first-order valence-electron chi connectivity index (χ1n) is 5.36. The average Bonchev–Trinajstić information content (AvgIpc) is 2.28. The van der Waals surface area contributed by atoms with E-state index < -0.39 is 0 Å². The molecule has 0 aliphatic carbocycles. The Bertz CT molecular complexity index is 550. The molecular weight excluding hydrogens is 253 g/mol. The molecule has 0 saturated heterocycles. The number of hydrogen-bond acceptors (Lipinski definition) is 1. The quantitative estimate of drug-likeness (QED) is 0.855. The molecule has 0 aromatic heterocycles. The third-order valence-electron chi connectivity index (χ3n) is 2.61. The highest BCUT2D eigenvalue weighted by molar-refractivity contribution is 6.36. The van der Waals surface area contributed by atoms with Gasteiger partial charge in [0.1, 0.15) is 0 Å². The van der Waals surface area contributed by atoms with Crippen LogP contribution >= 0.6 is 23.2 Å². The van der Waals surface area contributed by atoms with E-state index >= 15 is 0 Å². The Morgan fingerprint density at radius 1 is 1.06 bits per heavy atom. The summed E-state index contributed by atoms with van der Waals surface area (Å²) in [5.74, 6) is 0. The maximum absolute atomic E-state index is 6.20. The lowest BCUT2D eigenvalue weighted by molar-refractivity contribution is 1.07. The van der Waals surface area contributed by atoms with Crippen molar-refractivity contribution in [2.45, 2.75) is 13.5 Å². The number of halogens is 2. The summed E-state index contributed by atoms with van der Waals surface area (Å²) >= 11 is 12.1. The van der Waals surface area contributed by atoms with Crippen LogP contribution in [0, 0.1) is 6.92 Å². The van der Waals surface area contributed by atoms with Gasteiger partial charge in [0.15, 0.2) is 0 Å². The maximum atomic E-state index is 6.20. The third kappa shape index (κ3) is 2.81. The van der Waals surface area contributed by atoms with Gasteiger partial charge in [-0.2, -0.15) is 0 Å². The normalized spacial score (nSPS) is 10.6. The molecule has 0 saturated carbocycles. The summed E-state index contributed by atoms with van der Waals surface area (Å²) in [4.78, 5) is 0. The summed E-state index contributed by atoms with van der Waals surface area (Å²) < 4.78 is 0. The minimum Gasteiger partial charge on any atom is -0.326 e. The number of rotatable bonds is 2. The van der Waals surface area contributed by atoms with Gasteiger partial charge in [0, 0.05) is 22.2 Å². The number of benzene rings is 2. The molecular formula is C14H13Cl2N. The minimum absolute atomic E-state index is 0.528. The predicted octanol–water partition coefficient (Wildman–Crippen LogP) is 4.43. The molecule has 0 spiro atoms. The average molecular weight is 266 g/mol. The van der Waals surface area contributed by atoms with Crippen LogP contribution in [0.25, 0.3) is 11.1 Å². The molecule has 0 bridgehead atoms. The van der Waals surface area contributed by atoms with E-state index in [0.29, 0.717) is 16.6 Å². The molecule has 0 heterocycles. The lowest BCUT2D eigenvalue weighted by Gasteiger charge is -2.08. The van der Waals surface area contributed by atoms with E-state index in [9.17, 15) is 0 Å². The van der Waals surface area contributed by atoms with E-state index in [2.05, 4.69) is 18.2 Å². The van der Waals surface area contributed by atoms with Crippen LogP contribution in [-0.2, 0) is 6.54 Å². The molecule has 1 nitrogen and oxygen atoms in total. The van der Waals surface area contributed by atoms with Crippen molar-refractivity contribution in [1.82, 2.24) is 0 Å². The molecule has 3 heteroatoms. The van der Waals surface area contributed by atoms with Crippen LogP contribution < -0.4 is 5.73 Å². The largest absolute Gasteiger partial charge is 0.326 e. The van der Waals surface area contributed by atoms with E-state index in [1.54, 1.807) is 6.07 Å². The predicted molar refractivity (Wildman–Crippen MR) is 74.5 cm³/mol. The number of aryl methyl sites for hydroxylation is 1. The molecule has 2 rings (SSSR count). The molecule has 0 unspecified atom stereocenters. The second-order valence-corrected chi connectivity index (χ2v) is 4.88. The standard InChI is InChI=1S/C14H13Cl2N/c1-9-4-10(8-17)6-11(5-9)13-3-2-12(15)7-14(13)16/h2-7H,8,17H2,1H3. The monoisotopic (exact) mass is 265 g/mol. The van der Waals surface area contributed by atoms with Gasteiger partial charge in [-0.25, -0.2) is 0 Å². The van der Waals surface area contributed by atoms with Crippen LogP contribution in [-0.4, -0.2) is 0 Å². The zero-order chi connectivity index (χ0) is 12.4. The smallest absolute Gasteiger partial charge is 0.0499 e. The summed E-state index contributed by atoms with van der Waals surface area (Å²) in [6.07, 6.45) is 0. The van der Waals surface area contributed by atoms with Crippen LogP contribution in [0.3, 0.4) is 0 Å². The van der Waals surface area contributed by atoms with Gasteiger partial charge in [0.2, 0.25) is 0 Å². The first kappa shape index (κ1) is 12.4. The van der Waals surface area contributed by atoms with Crippen molar-refractivity contribution < 1.29 is 0 Å². The van der Waals surface area contributed by atoms with Crippen molar-refractivity contribution >= 4 is 23.2 Å².